The molecule has 40 heavy (non-hydrogen) atoms. The summed E-state index contributed by atoms with van der Waals surface area (Å²) in [5, 5.41) is 6.98. The van der Waals surface area contributed by atoms with E-state index in [1.54, 1.807) is 6.92 Å². The quantitative estimate of drug-likeness (QED) is 0.220. The van der Waals surface area contributed by atoms with Crippen LogP contribution in [0.2, 0.25) is 0 Å². The molecule has 1 aromatic heterocycles. The third-order valence-electron chi connectivity index (χ3n) is 7.22. The number of hydrogen-bond acceptors (Lipinski definition) is 8. The van der Waals surface area contributed by atoms with E-state index < -0.39 is 5.97 Å². The monoisotopic (exact) mass is 613 g/mol. The summed E-state index contributed by atoms with van der Waals surface area (Å²) in [5.74, 6) is -0.638. The minimum Gasteiger partial charge on any atom is -1.00 e. The van der Waals surface area contributed by atoms with Gasteiger partial charge >= 0.3 is 11.9 Å². The number of para-hydroxylation sites is 1. The summed E-state index contributed by atoms with van der Waals surface area (Å²) >= 11 is 0. The number of piperidine rings is 3. The first-order valence-corrected chi connectivity index (χ1v) is 13.4. The molecule has 0 saturated carbocycles. The summed E-state index contributed by atoms with van der Waals surface area (Å²) in [5.41, 5.74) is 2.47. The van der Waals surface area contributed by atoms with Crippen LogP contribution in [0.5, 0.6) is 0 Å². The van der Waals surface area contributed by atoms with Gasteiger partial charge in [0.05, 0.1) is 19.7 Å². The van der Waals surface area contributed by atoms with Crippen LogP contribution in [0.1, 0.15) is 53.3 Å². The van der Waals surface area contributed by atoms with Gasteiger partial charge in [-0.2, -0.15) is 0 Å². The number of nitrogens with one attached hydrogen (secondary N) is 1. The number of quaternary nitrogens is 1. The van der Waals surface area contributed by atoms with E-state index in [2.05, 4.69) is 46.9 Å². The molecule has 3 fully saturated rings. The van der Waals surface area contributed by atoms with Crippen LogP contribution in [-0.4, -0.2) is 66.3 Å². The zero-order valence-corrected chi connectivity index (χ0v) is 24.5. The zero-order chi connectivity index (χ0) is 27.7. The van der Waals surface area contributed by atoms with Crippen LogP contribution in [0.25, 0.3) is 0 Å². The van der Waals surface area contributed by atoms with Gasteiger partial charge in [0, 0.05) is 44.0 Å². The molecule has 1 unspecified atom stereocenters. The topological polar surface area (TPSA) is 108 Å². The summed E-state index contributed by atoms with van der Waals surface area (Å²) in [6.07, 6.45) is 1.75. The van der Waals surface area contributed by atoms with Gasteiger partial charge in [0.25, 0.3) is 5.78 Å². The maximum absolute atomic E-state index is 12.6. The molecule has 1 atom stereocenters. The zero-order valence-electron chi connectivity index (χ0n) is 22.9. The van der Waals surface area contributed by atoms with Gasteiger partial charge in [0.15, 0.2) is 11.8 Å². The van der Waals surface area contributed by atoms with E-state index in [-0.39, 0.29) is 59.4 Å². The number of ether oxygens (including phenoxy) is 2. The van der Waals surface area contributed by atoms with Gasteiger partial charge in [-0.15, -0.1) is 0 Å². The van der Waals surface area contributed by atoms with Crippen molar-refractivity contribution in [3.8, 4) is 0 Å². The summed E-state index contributed by atoms with van der Waals surface area (Å²) in [6, 6.07) is 22.0. The Hall–Kier alpha value is -3.50. The first kappa shape index (κ1) is 31.0. The Morgan fingerprint density at radius 1 is 1.02 bits per heavy atom. The van der Waals surface area contributed by atoms with Crippen LogP contribution in [-0.2, 0) is 20.8 Å². The summed E-state index contributed by atoms with van der Waals surface area (Å²) in [6.45, 7) is 6.88. The van der Waals surface area contributed by atoms with Gasteiger partial charge in [-0.1, -0.05) is 53.7 Å². The van der Waals surface area contributed by atoms with Gasteiger partial charge in [0.1, 0.15) is 13.1 Å². The van der Waals surface area contributed by atoms with Crippen molar-refractivity contribution in [2.75, 3.05) is 38.1 Å². The van der Waals surface area contributed by atoms with E-state index in [4.69, 9.17) is 14.0 Å². The number of anilines is 1. The van der Waals surface area contributed by atoms with E-state index in [9.17, 15) is 14.4 Å². The van der Waals surface area contributed by atoms with Gasteiger partial charge in [0.2, 0.25) is 5.76 Å². The van der Waals surface area contributed by atoms with Gasteiger partial charge in [-0.05, 0) is 24.6 Å². The number of aromatic nitrogens is 1. The maximum atomic E-state index is 12.6. The largest absolute Gasteiger partial charge is 1.00 e. The third kappa shape index (κ3) is 8.50. The summed E-state index contributed by atoms with van der Waals surface area (Å²) in [4.78, 5) is 35.5. The first-order valence-electron chi connectivity index (χ1n) is 13.4. The lowest BCUT2D eigenvalue weighted by Gasteiger charge is -2.51. The molecule has 10 heteroatoms. The molecular weight excluding hydrogens is 578 g/mol. The predicted octanol–water partition coefficient (Wildman–Crippen LogP) is 1.51. The number of Topliss-reactive ketones (excluding diaryl/α,β-unsaturated/α-hetero) is 1. The number of halogens is 1. The minimum absolute atomic E-state index is 0. The molecule has 0 aliphatic carbocycles. The van der Waals surface area contributed by atoms with Gasteiger partial charge < -0.3 is 40.8 Å². The fourth-order valence-corrected chi connectivity index (χ4v) is 5.24. The molecule has 1 N–H and O–H groups in total. The molecule has 3 aromatic rings. The fraction of sp³-hybridized carbons (Fsp3) is 0.400. The Morgan fingerprint density at radius 2 is 1.68 bits per heavy atom. The van der Waals surface area contributed by atoms with Crippen LogP contribution in [0.4, 0.5) is 5.69 Å². The van der Waals surface area contributed by atoms with Gasteiger partial charge in [-0.3, -0.25) is 9.59 Å². The van der Waals surface area contributed by atoms with Crippen LogP contribution in [0, 0.1) is 5.92 Å². The van der Waals surface area contributed by atoms with E-state index >= 15 is 0 Å². The standard InChI is InChI=1S/C17H23N2O6.C13H13N.BrH/c1-3-23-17(22)13-8-15(25-18-13)14(21)9-19-6-4-12(5-7-19)16(10-19)24-11(2)20;1-3-7-12(8-4-1)11-14-13-9-5-2-6-10-13;/h8,12,16H,3-7,9-10H2,1-2H3;1-10,14H,11H2;1H/q+1;;/p-1. The van der Waals surface area contributed by atoms with Crippen molar-refractivity contribution in [2.45, 2.75) is 39.3 Å². The number of carbonyl (C=O) groups excluding carboxylic acids is 3. The van der Waals surface area contributed by atoms with E-state index in [0.717, 1.165) is 38.2 Å². The number of rotatable bonds is 9. The minimum atomic E-state index is -0.606. The number of carbonyl (C=O) groups is 3. The smallest absolute Gasteiger partial charge is 0.360 e. The van der Waals surface area contributed by atoms with E-state index in [1.807, 2.05) is 24.3 Å². The van der Waals surface area contributed by atoms with Gasteiger partial charge in [-0.25, -0.2) is 4.79 Å². The molecule has 9 nitrogen and oxygen atoms in total. The molecule has 0 radical (unpaired) electrons. The second kappa shape index (κ2) is 14.8. The van der Waals surface area contributed by atoms with Crippen LogP contribution >= 0.6 is 0 Å². The fourth-order valence-electron chi connectivity index (χ4n) is 5.24. The molecule has 2 bridgehead atoms. The number of benzene rings is 2. The van der Waals surface area contributed by atoms with Crippen molar-refractivity contribution in [2.24, 2.45) is 5.92 Å². The highest BCUT2D eigenvalue weighted by atomic mass is 79.9. The number of esters is 2. The number of ketones is 1. The van der Waals surface area contributed by atoms with Crippen molar-refractivity contribution >= 4 is 23.4 Å². The van der Waals surface area contributed by atoms with Crippen molar-refractivity contribution in [1.82, 2.24) is 5.16 Å². The van der Waals surface area contributed by atoms with Crippen LogP contribution in [0.3, 0.4) is 0 Å². The van der Waals surface area contributed by atoms with Crippen LogP contribution < -0.4 is 22.3 Å². The highest BCUT2D eigenvalue weighted by molar-refractivity contribution is 5.97. The lowest BCUT2D eigenvalue weighted by molar-refractivity contribution is -0.938. The Labute approximate surface area is 245 Å². The Kier molecular flexibility index (Phi) is 11.5. The van der Waals surface area contributed by atoms with Crippen molar-refractivity contribution in [3.63, 3.8) is 0 Å². The Morgan fingerprint density at radius 3 is 2.30 bits per heavy atom. The molecular formula is C30H36BrN3O6. The lowest BCUT2D eigenvalue weighted by atomic mass is 9.83. The molecule has 0 amide bonds. The van der Waals surface area contributed by atoms with Crippen molar-refractivity contribution in [3.05, 3.63) is 83.7 Å². The third-order valence-corrected chi connectivity index (χ3v) is 7.22. The molecule has 6 rings (SSSR count). The number of hydrogen-bond donors (Lipinski definition) is 1. The molecule has 3 saturated heterocycles. The molecule has 3 aliphatic heterocycles. The average Bonchev–Trinajstić information content (AvgIpc) is 3.45. The molecule has 2 aromatic carbocycles. The van der Waals surface area contributed by atoms with Crippen molar-refractivity contribution in [1.29, 1.82) is 0 Å². The molecule has 0 spiro atoms. The number of fused-ring (bicyclic) bond motifs is 3. The Balaban J connectivity index is 0.000000250. The first-order chi connectivity index (χ1) is 18.9. The second-order valence-corrected chi connectivity index (χ2v) is 10.0. The Bertz CT molecular complexity index is 1200. The van der Waals surface area contributed by atoms with E-state index in [1.165, 1.54) is 18.6 Å². The summed E-state index contributed by atoms with van der Waals surface area (Å²) in [7, 11) is 0. The van der Waals surface area contributed by atoms with Crippen LogP contribution in [0.15, 0.2) is 71.3 Å². The summed E-state index contributed by atoms with van der Waals surface area (Å²) < 4.78 is 15.9. The molecule has 3 aliphatic rings. The SMILES string of the molecule is CCOC(=O)c1cc(C(=O)C[N+]23CCC(CC2)C(OC(C)=O)C3)on1.[Br-].c1ccc(CNc2ccccc2)cc1. The highest BCUT2D eigenvalue weighted by Gasteiger charge is 2.48. The van der Waals surface area contributed by atoms with Crippen molar-refractivity contribution < 1.29 is 49.8 Å². The maximum Gasteiger partial charge on any atom is 0.360 e. The second-order valence-electron chi connectivity index (χ2n) is 10.0. The predicted molar refractivity (Wildman–Crippen MR) is 145 cm³/mol. The molecule has 4 heterocycles. The lowest BCUT2D eigenvalue weighted by Crippen LogP contribution is -3.00. The highest BCUT2D eigenvalue weighted by Crippen LogP contribution is 2.35. The molecule has 214 valence electrons. The number of nitrogens with zero attached hydrogens (tertiary/aromatic N) is 2. The van der Waals surface area contributed by atoms with E-state index in [0.29, 0.717) is 16.9 Å². The average molecular weight is 615 g/mol. The normalized spacial score (nSPS) is 20.8.